The molecule has 0 bridgehead atoms. The minimum atomic E-state index is 0.0770. The number of hydrogen-bond donors (Lipinski definition) is 0. The second kappa shape index (κ2) is 8.18. The number of aromatic nitrogens is 2. The van der Waals surface area contributed by atoms with E-state index in [-0.39, 0.29) is 11.9 Å². The number of amides is 1. The molecule has 0 N–H and O–H groups in total. The molecule has 2 aromatic carbocycles. The summed E-state index contributed by atoms with van der Waals surface area (Å²) in [6.45, 7) is 4.13. The first-order chi connectivity index (χ1) is 15.2. The fraction of sp³-hybridized carbons (Fsp3) is 0.250. The maximum absolute atomic E-state index is 12.9. The third-order valence-corrected chi connectivity index (χ3v) is 5.77. The van der Waals surface area contributed by atoms with Crippen LogP contribution < -0.4 is 9.91 Å². The van der Waals surface area contributed by atoms with Crippen LogP contribution in [0, 0.1) is 0 Å². The van der Waals surface area contributed by atoms with Crippen LogP contribution in [0.4, 0.5) is 11.6 Å². The van der Waals surface area contributed by atoms with E-state index in [4.69, 9.17) is 0 Å². The Morgan fingerprint density at radius 1 is 0.935 bits per heavy atom. The molecule has 0 saturated carbocycles. The van der Waals surface area contributed by atoms with Crippen molar-refractivity contribution in [1.82, 2.24) is 15.1 Å². The van der Waals surface area contributed by atoms with E-state index in [1.165, 1.54) is 0 Å². The molecule has 156 valence electrons. The molecule has 1 amide bonds. The molecule has 3 aromatic rings. The molecule has 1 saturated heterocycles. The van der Waals surface area contributed by atoms with Gasteiger partial charge in [0, 0.05) is 60.8 Å². The van der Waals surface area contributed by atoms with Gasteiger partial charge in [-0.15, -0.1) is 10.2 Å². The molecule has 2 aliphatic heterocycles. The van der Waals surface area contributed by atoms with E-state index in [0.717, 1.165) is 34.4 Å². The lowest BCUT2D eigenvalue weighted by Gasteiger charge is -2.40. The summed E-state index contributed by atoms with van der Waals surface area (Å²) in [5, 5.41) is 17.4. The van der Waals surface area contributed by atoms with Crippen LogP contribution in [-0.4, -0.2) is 52.9 Å². The minimum Gasteiger partial charge on any atom is -0.348 e. The van der Waals surface area contributed by atoms with E-state index in [0.29, 0.717) is 19.6 Å². The standard InChI is InChI=1S/C24H24N6O/c1-18-17-28(24(31)19-9-3-2-4-10-19)15-16-29(18)22-20-11-5-6-12-21(20)23(27-26-22)30-14-8-7-13-25-30/h2-6,8-14,18H,7,15-17H2,1H3/t18-/m1/s1. The van der Waals surface area contributed by atoms with Gasteiger partial charge >= 0.3 is 0 Å². The van der Waals surface area contributed by atoms with Crippen molar-refractivity contribution < 1.29 is 4.79 Å². The number of piperazine rings is 1. The fourth-order valence-corrected chi connectivity index (χ4v) is 4.20. The molecule has 7 nitrogen and oxygen atoms in total. The van der Waals surface area contributed by atoms with Gasteiger partial charge in [-0.2, -0.15) is 5.10 Å². The van der Waals surface area contributed by atoms with Gasteiger partial charge in [-0.3, -0.25) is 4.79 Å². The van der Waals surface area contributed by atoms with E-state index in [2.05, 4.69) is 39.3 Å². The number of carbonyl (C=O) groups excluding carboxylic acids is 1. The Kier molecular flexibility index (Phi) is 5.08. The first-order valence-corrected chi connectivity index (χ1v) is 10.6. The first kappa shape index (κ1) is 19.2. The smallest absolute Gasteiger partial charge is 0.253 e. The molecule has 31 heavy (non-hydrogen) atoms. The van der Waals surface area contributed by atoms with Gasteiger partial charge in [0.2, 0.25) is 0 Å². The van der Waals surface area contributed by atoms with Gasteiger partial charge in [-0.1, -0.05) is 48.5 Å². The average molecular weight is 412 g/mol. The SMILES string of the molecule is C[C@@H]1CN(C(=O)c2ccccc2)CCN1c1nnc(N2C=CCC=N2)c2ccccc12. The molecule has 2 aliphatic rings. The van der Waals surface area contributed by atoms with Crippen molar-refractivity contribution in [2.75, 3.05) is 29.5 Å². The molecule has 0 aliphatic carbocycles. The van der Waals surface area contributed by atoms with E-state index in [1.807, 2.05) is 65.9 Å². The zero-order valence-electron chi connectivity index (χ0n) is 17.4. The highest BCUT2D eigenvalue weighted by Crippen LogP contribution is 2.32. The van der Waals surface area contributed by atoms with Gasteiger partial charge in [0.1, 0.15) is 0 Å². The monoisotopic (exact) mass is 412 g/mol. The molecule has 7 heteroatoms. The molecule has 1 atom stereocenters. The Bertz CT molecular complexity index is 1150. The van der Waals surface area contributed by atoms with E-state index >= 15 is 0 Å². The largest absolute Gasteiger partial charge is 0.348 e. The van der Waals surface area contributed by atoms with Crippen molar-refractivity contribution >= 4 is 34.5 Å². The molecule has 0 spiro atoms. The second-order valence-electron chi connectivity index (χ2n) is 7.82. The molecule has 1 aromatic heterocycles. The molecule has 0 radical (unpaired) electrons. The van der Waals surface area contributed by atoms with Gasteiger partial charge in [-0.05, 0) is 19.1 Å². The number of anilines is 2. The number of allylic oxidation sites excluding steroid dienone is 1. The summed E-state index contributed by atoms with van der Waals surface area (Å²) in [6.07, 6.45) is 6.65. The van der Waals surface area contributed by atoms with Crippen molar-refractivity contribution in [3.63, 3.8) is 0 Å². The maximum atomic E-state index is 12.9. The molecule has 0 unspecified atom stereocenters. The van der Waals surface area contributed by atoms with E-state index in [1.54, 1.807) is 5.01 Å². The van der Waals surface area contributed by atoms with E-state index in [9.17, 15) is 4.79 Å². The van der Waals surface area contributed by atoms with Crippen LogP contribution in [0.3, 0.4) is 0 Å². The Labute approximate surface area is 181 Å². The summed E-state index contributed by atoms with van der Waals surface area (Å²) in [4.78, 5) is 17.1. The van der Waals surface area contributed by atoms with Crippen LogP contribution in [0.15, 0.2) is 72.0 Å². The average Bonchev–Trinajstić information content (AvgIpc) is 2.84. The Hall–Kier alpha value is -3.74. The van der Waals surface area contributed by atoms with Crippen LogP contribution in [0.25, 0.3) is 10.8 Å². The number of hydrogen-bond acceptors (Lipinski definition) is 6. The summed E-state index contributed by atoms with van der Waals surface area (Å²) in [5.41, 5.74) is 0.730. The van der Waals surface area contributed by atoms with Gasteiger partial charge < -0.3 is 9.80 Å². The predicted octanol–water partition coefficient (Wildman–Crippen LogP) is 3.69. The first-order valence-electron chi connectivity index (χ1n) is 10.6. The Morgan fingerprint density at radius 3 is 2.35 bits per heavy atom. The quantitative estimate of drug-likeness (QED) is 0.656. The topological polar surface area (TPSA) is 64.9 Å². The third-order valence-electron chi connectivity index (χ3n) is 5.77. The third kappa shape index (κ3) is 3.63. The summed E-state index contributed by atoms with van der Waals surface area (Å²) in [7, 11) is 0. The summed E-state index contributed by atoms with van der Waals surface area (Å²) in [6, 6.07) is 17.8. The summed E-state index contributed by atoms with van der Waals surface area (Å²) in [5.74, 6) is 1.65. The van der Waals surface area contributed by atoms with Crippen LogP contribution >= 0.6 is 0 Å². The van der Waals surface area contributed by atoms with Gasteiger partial charge in [-0.25, -0.2) is 5.01 Å². The van der Waals surface area contributed by atoms with Crippen LogP contribution in [-0.2, 0) is 0 Å². The zero-order chi connectivity index (χ0) is 21.2. The highest BCUT2D eigenvalue weighted by atomic mass is 16.2. The van der Waals surface area contributed by atoms with Crippen LogP contribution in [0.2, 0.25) is 0 Å². The lowest BCUT2D eigenvalue weighted by atomic mass is 10.1. The predicted molar refractivity (Wildman–Crippen MR) is 123 cm³/mol. The highest BCUT2D eigenvalue weighted by molar-refractivity contribution is 5.99. The van der Waals surface area contributed by atoms with Crippen molar-refractivity contribution in [3.8, 4) is 0 Å². The van der Waals surface area contributed by atoms with Gasteiger partial charge in [0.25, 0.3) is 5.91 Å². The van der Waals surface area contributed by atoms with Gasteiger partial charge in [0.05, 0.1) is 0 Å². The van der Waals surface area contributed by atoms with Crippen LogP contribution in [0.5, 0.6) is 0 Å². The van der Waals surface area contributed by atoms with Crippen molar-refractivity contribution in [1.29, 1.82) is 0 Å². The molecular weight excluding hydrogens is 388 g/mol. The van der Waals surface area contributed by atoms with Crippen molar-refractivity contribution in [3.05, 3.63) is 72.4 Å². The summed E-state index contributed by atoms with van der Waals surface area (Å²) >= 11 is 0. The Morgan fingerprint density at radius 2 is 1.65 bits per heavy atom. The molecule has 1 fully saturated rings. The van der Waals surface area contributed by atoms with Crippen molar-refractivity contribution in [2.24, 2.45) is 5.10 Å². The molecule has 5 rings (SSSR count). The minimum absolute atomic E-state index is 0.0770. The number of fused-ring (bicyclic) bond motifs is 1. The Balaban J connectivity index is 1.43. The second-order valence-corrected chi connectivity index (χ2v) is 7.82. The maximum Gasteiger partial charge on any atom is 0.253 e. The number of rotatable bonds is 3. The number of nitrogens with zero attached hydrogens (tertiary/aromatic N) is 6. The lowest BCUT2D eigenvalue weighted by Crippen LogP contribution is -2.54. The van der Waals surface area contributed by atoms with Crippen LogP contribution in [0.1, 0.15) is 23.7 Å². The molecule has 3 heterocycles. The van der Waals surface area contributed by atoms with E-state index < -0.39 is 0 Å². The highest BCUT2D eigenvalue weighted by Gasteiger charge is 2.30. The number of hydrazone groups is 1. The lowest BCUT2D eigenvalue weighted by molar-refractivity contribution is 0.0726. The normalized spacial score (nSPS) is 18.6. The van der Waals surface area contributed by atoms with Crippen molar-refractivity contribution in [2.45, 2.75) is 19.4 Å². The number of benzene rings is 2. The number of carbonyl (C=O) groups is 1. The zero-order valence-corrected chi connectivity index (χ0v) is 17.4. The molecular formula is C24H24N6O. The summed E-state index contributed by atoms with van der Waals surface area (Å²) < 4.78 is 0. The fourth-order valence-electron chi connectivity index (χ4n) is 4.20. The van der Waals surface area contributed by atoms with Gasteiger partial charge in [0.15, 0.2) is 11.6 Å².